The third kappa shape index (κ3) is 3.42. The van der Waals surface area contributed by atoms with Crippen LogP contribution >= 0.6 is 0 Å². The van der Waals surface area contributed by atoms with Crippen molar-refractivity contribution >= 4 is 0 Å². The molecule has 4 heterocycles. The van der Waals surface area contributed by atoms with Gasteiger partial charge in [0.2, 0.25) is 5.79 Å². The molecule has 0 aromatic carbocycles. The molecule has 9 rings (SSSR count). The van der Waals surface area contributed by atoms with Crippen LogP contribution in [0, 0.1) is 50.7 Å². The van der Waals surface area contributed by atoms with Gasteiger partial charge in [0.25, 0.3) is 0 Å². The van der Waals surface area contributed by atoms with Gasteiger partial charge in [0.15, 0.2) is 12.6 Å². The molecule has 4 saturated heterocycles. The lowest BCUT2D eigenvalue weighted by Gasteiger charge is -2.64. The summed E-state index contributed by atoms with van der Waals surface area (Å²) in [5, 5.41) is 53.7. The number of hydrogen-bond donors (Lipinski definition) is 5. The standard InChI is InChI=1S/C35H54O10/c1-16-12-35(27-32(6,44-27)28(40)45-35)43-19-13-31(5)20-11-17(36)25-29(2,3)21(42-26-24(39)23(38)18(37)14-41-26)7-8-34(25)15-33(20,34)10-9-30(31,4)22(16)19/h16-28,36-40H,7-15H2,1-6H3. The van der Waals surface area contributed by atoms with Crippen molar-refractivity contribution < 1.29 is 49.2 Å². The highest BCUT2D eigenvalue weighted by molar-refractivity contribution is 5.33. The van der Waals surface area contributed by atoms with E-state index in [-0.39, 0.29) is 57.9 Å². The minimum absolute atomic E-state index is 0.00470. The lowest BCUT2D eigenvalue weighted by Crippen LogP contribution is -2.63. The summed E-state index contributed by atoms with van der Waals surface area (Å²) in [5.74, 6) is 0.318. The Labute approximate surface area is 266 Å². The van der Waals surface area contributed by atoms with Crippen LogP contribution in [-0.2, 0) is 23.7 Å². The van der Waals surface area contributed by atoms with Crippen molar-refractivity contribution in [1.29, 1.82) is 0 Å². The maximum Gasteiger partial charge on any atom is 0.201 e. The Kier molecular flexibility index (Phi) is 6.02. The van der Waals surface area contributed by atoms with Crippen LogP contribution < -0.4 is 0 Å². The first-order valence-electron chi connectivity index (χ1n) is 17.7. The Morgan fingerprint density at radius 3 is 2.22 bits per heavy atom. The van der Waals surface area contributed by atoms with Crippen LogP contribution in [0.3, 0.4) is 0 Å². The lowest BCUT2D eigenvalue weighted by molar-refractivity contribution is -0.344. The number of aliphatic hydroxyl groups is 5. The summed E-state index contributed by atoms with van der Waals surface area (Å²) in [5.41, 5.74) is -0.740. The third-order valence-corrected chi connectivity index (χ3v) is 16.4. The molecule has 19 unspecified atom stereocenters. The van der Waals surface area contributed by atoms with Crippen molar-refractivity contribution in [3.8, 4) is 0 Å². The van der Waals surface area contributed by atoms with Crippen molar-refractivity contribution in [2.45, 2.75) is 160 Å². The topological polar surface area (TPSA) is 151 Å². The average Bonchev–Trinajstić information content (AvgIpc) is 3.79. The summed E-state index contributed by atoms with van der Waals surface area (Å²) in [6.45, 7) is 13.6. The molecule has 10 nitrogen and oxygen atoms in total. The predicted molar refractivity (Wildman–Crippen MR) is 158 cm³/mol. The molecular weight excluding hydrogens is 580 g/mol. The van der Waals surface area contributed by atoms with Gasteiger partial charge in [0.1, 0.15) is 30.0 Å². The Morgan fingerprint density at radius 1 is 0.778 bits per heavy atom. The Bertz CT molecular complexity index is 1280. The Morgan fingerprint density at radius 2 is 1.53 bits per heavy atom. The molecule has 9 aliphatic rings. The molecule has 254 valence electrons. The van der Waals surface area contributed by atoms with Crippen molar-refractivity contribution in [2.24, 2.45) is 50.7 Å². The van der Waals surface area contributed by atoms with Crippen molar-refractivity contribution in [1.82, 2.24) is 0 Å². The molecule has 45 heavy (non-hydrogen) atoms. The summed E-state index contributed by atoms with van der Waals surface area (Å²) in [7, 11) is 0. The van der Waals surface area contributed by atoms with Crippen LogP contribution in [0.4, 0.5) is 0 Å². The summed E-state index contributed by atoms with van der Waals surface area (Å²) in [4.78, 5) is 0. The average molecular weight is 635 g/mol. The van der Waals surface area contributed by atoms with E-state index in [1.165, 1.54) is 6.42 Å². The highest BCUT2D eigenvalue weighted by atomic mass is 16.8. The predicted octanol–water partition coefficient (Wildman–Crippen LogP) is 2.46. The van der Waals surface area contributed by atoms with Gasteiger partial charge in [-0.15, -0.1) is 0 Å². The fraction of sp³-hybridized carbons (Fsp3) is 1.00. The normalized spacial score (nSPS) is 66.9. The minimum atomic E-state index is -1.32. The first-order valence-corrected chi connectivity index (χ1v) is 17.7. The van der Waals surface area contributed by atoms with Gasteiger partial charge in [-0.2, -0.15) is 0 Å². The van der Waals surface area contributed by atoms with Crippen LogP contribution in [-0.4, -0.2) is 98.8 Å². The van der Waals surface area contributed by atoms with Gasteiger partial charge in [-0.3, -0.25) is 0 Å². The second-order valence-corrected chi connectivity index (χ2v) is 18.4. The zero-order valence-corrected chi connectivity index (χ0v) is 27.6. The summed E-state index contributed by atoms with van der Waals surface area (Å²) >= 11 is 0. The van der Waals surface area contributed by atoms with E-state index in [1.54, 1.807) is 0 Å². The smallest absolute Gasteiger partial charge is 0.201 e. The molecule has 5 aliphatic carbocycles. The SMILES string of the molecule is CC1CC2(OC3CC4(C)C5CC(O)C6C(C)(C)C(OC7OCC(O)C(O)C7O)CCC67CC57CCC4(C)C13)OC(O)C1(C)OC21. The maximum absolute atomic E-state index is 12.2. The highest BCUT2D eigenvalue weighted by Crippen LogP contribution is 2.89. The van der Waals surface area contributed by atoms with Gasteiger partial charge in [-0.25, -0.2) is 0 Å². The van der Waals surface area contributed by atoms with Crippen molar-refractivity contribution in [2.75, 3.05) is 6.61 Å². The summed E-state index contributed by atoms with van der Waals surface area (Å²) < 4.78 is 31.2. The van der Waals surface area contributed by atoms with E-state index in [1.807, 2.05) is 6.92 Å². The zero-order valence-electron chi connectivity index (χ0n) is 27.6. The van der Waals surface area contributed by atoms with Crippen LogP contribution in [0.2, 0.25) is 0 Å². The second kappa shape index (κ2) is 8.84. The van der Waals surface area contributed by atoms with Gasteiger partial charge in [0, 0.05) is 6.42 Å². The molecule has 10 heteroatoms. The van der Waals surface area contributed by atoms with Crippen LogP contribution in [0.1, 0.15) is 92.9 Å². The van der Waals surface area contributed by atoms with Gasteiger partial charge in [-0.1, -0.05) is 34.6 Å². The highest BCUT2D eigenvalue weighted by Gasteiger charge is 2.86. The summed E-state index contributed by atoms with van der Waals surface area (Å²) in [6.07, 6.45) is 0.988. The van der Waals surface area contributed by atoms with Gasteiger partial charge >= 0.3 is 0 Å². The van der Waals surface area contributed by atoms with Crippen LogP contribution in [0.15, 0.2) is 0 Å². The molecule has 9 fully saturated rings. The van der Waals surface area contributed by atoms with Crippen molar-refractivity contribution in [3.63, 3.8) is 0 Å². The quantitative estimate of drug-likeness (QED) is 0.226. The van der Waals surface area contributed by atoms with Gasteiger partial charge < -0.3 is 49.2 Å². The molecule has 4 aliphatic heterocycles. The van der Waals surface area contributed by atoms with E-state index in [0.29, 0.717) is 17.8 Å². The first-order chi connectivity index (χ1) is 21.0. The monoisotopic (exact) mass is 634 g/mol. The van der Waals surface area contributed by atoms with Crippen molar-refractivity contribution in [3.05, 3.63) is 0 Å². The molecule has 0 radical (unpaired) electrons. The van der Waals surface area contributed by atoms with E-state index < -0.39 is 48.4 Å². The van der Waals surface area contributed by atoms with Gasteiger partial charge in [-0.05, 0) is 103 Å². The number of fused-ring (bicyclic) bond motifs is 6. The van der Waals surface area contributed by atoms with E-state index in [9.17, 15) is 25.5 Å². The van der Waals surface area contributed by atoms with E-state index >= 15 is 0 Å². The molecule has 0 amide bonds. The maximum atomic E-state index is 12.2. The lowest BCUT2D eigenvalue weighted by atomic mass is 9.41. The molecule has 0 aromatic heterocycles. The summed E-state index contributed by atoms with van der Waals surface area (Å²) in [6, 6.07) is 0. The van der Waals surface area contributed by atoms with E-state index in [2.05, 4.69) is 34.6 Å². The van der Waals surface area contributed by atoms with E-state index in [4.69, 9.17) is 23.7 Å². The number of ether oxygens (including phenoxy) is 5. The molecular formula is C35H54O10. The van der Waals surface area contributed by atoms with E-state index in [0.717, 1.165) is 44.9 Å². The largest absolute Gasteiger partial charge is 0.393 e. The van der Waals surface area contributed by atoms with Crippen LogP contribution in [0.25, 0.3) is 0 Å². The van der Waals surface area contributed by atoms with Crippen LogP contribution in [0.5, 0.6) is 0 Å². The Hall–Kier alpha value is -0.400. The minimum Gasteiger partial charge on any atom is -0.393 e. The molecule has 5 N–H and O–H groups in total. The Balaban J connectivity index is 0.995. The molecule has 0 bridgehead atoms. The number of epoxide rings is 1. The number of hydrogen-bond acceptors (Lipinski definition) is 10. The fourth-order valence-corrected chi connectivity index (χ4v) is 14.3. The molecule has 19 atom stereocenters. The number of rotatable bonds is 2. The number of aliphatic hydroxyl groups excluding tert-OH is 5. The molecule has 5 saturated carbocycles. The molecule has 0 aromatic rings. The second-order valence-electron chi connectivity index (χ2n) is 18.4. The fourth-order valence-electron chi connectivity index (χ4n) is 14.3. The molecule has 3 spiro atoms. The zero-order chi connectivity index (χ0) is 31.9. The first kappa shape index (κ1) is 30.6. The van der Waals surface area contributed by atoms with Gasteiger partial charge in [0.05, 0.1) is 24.9 Å². The third-order valence-electron chi connectivity index (χ3n) is 16.4.